The lowest BCUT2D eigenvalue weighted by Crippen LogP contribution is -2.39. The van der Waals surface area contributed by atoms with Crippen molar-refractivity contribution in [2.24, 2.45) is 5.92 Å². The first kappa shape index (κ1) is 18.8. The summed E-state index contributed by atoms with van der Waals surface area (Å²) in [6.45, 7) is 0. The van der Waals surface area contributed by atoms with Crippen molar-refractivity contribution in [3.8, 4) is 0 Å². The van der Waals surface area contributed by atoms with Crippen LogP contribution in [0.2, 0.25) is 0 Å². The normalized spacial score (nSPS) is 21.2. The molecule has 0 atom stereocenters. The summed E-state index contributed by atoms with van der Waals surface area (Å²) in [6, 6.07) is 9.14. The minimum atomic E-state index is -3.30. The van der Waals surface area contributed by atoms with E-state index in [9.17, 15) is 14.2 Å². The summed E-state index contributed by atoms with van der Waals surface area (Å²) >= 11 is 0. The Labute approximate surface area is 142 Å². The number of Topliss-reactive ketones (excluding diaryl/α,β-unsaturated/α-hetero) is 1. The zero-order valence-corrected chi connectivity index (χ0v) is 15.0. The summed E-state index contributed by atoms with van der Waals surface area (Å²) < 4.78 is 21.7. The van der Waals surface area contributed by atoms with Crippen molar-refractivity contribution in [2.75, 3.05) is 20.4 Å². The van der Waals surface area contributed by atoms with Gasteiger partial charge in [-0.05, 0) is 37.8 Å². The van der Waals surface area contributed by atoms with Crippen molar-refractivity contribution >= 4 is 19.3 Å². The van der Waals surface area contributed by atoms with Crippen molar-refractivity contribution < 1.29 is 23.2 Å². The van der Waals surface area contributed by atoms with Crippen LogP contribution in [0.4, 0.5) is 0 Å². The molecule has 1 aliphatic carbocycles. The molecule has 0 bridgehead atoms. The van der Waals surface area contributed by atoms with E-state index in [4.69, 9.17) is 9.05 Å². The molecule has 0 saturated heterocycles. The van der Waals surface area contributed by atoms with Gasteiger partial charge in [0, 0.05) is 31.7 Å². The number of carbonyl (C=O) groups is 2. The first-order valence-electron chi connectivity index (χ1n) is 8.06. The molecular weight excluding hydrogens is 329 g/mol. The number of hydrogen-bond acceptors (Lipinski definition) is 5. The average molecular weight is 353 g/mol. The van der Waals surface area contributed by atoms with Crippen molar-refractivity contribution in [1.29, 1.82) is 0 Å². The van der Waals surface area contributed by atoms with E-state index in [1.165, 1.54) is 14.2 Å². The molecule has 0 unspecified atom stereocenters. The number of rotatable bonds is 7. The van der Waals surface area contributed by atoms with Gasteiger partial charge in [-0.2, -0.15) is 0 Å². The molecule has 1 aliphatic rings. The van der Waals surface area contributed by atoms with Crippen molar-refractivity contribution in [1.82, 2.24) is 5.32 Å². The van der Waals surface area contributed by atoms with Crippen molar-refractivity contribution in [3.05, 3.63) is 35.9 Å². The zero-order chi connectivity index (χ0) is 17.6. The second-order valence-corrected chi connectivity index (χ2v) is 8.26. The Morgan fingerprint density at radius 2 is 1.67 bits per heavy atom. The predicted molar refractivity (Wildman–Crippen MR) is 91.2 cm³/mol. The molecule has 0 radical (unpaired) electrons. The second-order valence-electron chi connectivity index (χ2n) is 5.99. The van der Waals surface area contributed by atoms with E-state index in [0.29, 0.717) is 18.4 Å². The molecule has 24 heavy (non-hydrogen) atoms. The van der Waals surface area contributed by atoms with Crippen molar-refractivity contribution in [3.63, 3.8) is 0 Å². The van der Waals surface area contributed by atoms with Crippen LogP contribution in [0.1, 0.15) is 36.0 Å². The zero-order valence-electron chi connectivity index (χ0n) is 14.1. The molecule has 0 heterocycles. The average Bonchev–Trinajstić information content (AvgIpc) is 2.62. The third kappa shape index (κ3) is 5.00. The van der Waals surface area contributed by atoms with E-state index in [0.717, 1.165) is 12.8 Å². The van der Waals surface area contributed by atoms with Crippen LogP contribution in [0, 0.1) is 5.92 Å². The lowest BCUT2D eigenvalue weighted by molar-refractivity contribution is -0.121. The van der Waals surface area contributed by atoms with Crippen molar-refractivity contribution in [2.45, 2.75) is 31.7 Å². The topological polar surface area (TPSA) is 81.7 Å². The summed E-state index contributed by atoms with van der Waals surface area (Å²) in [5.74, 6) is -0.322. The third-order valence-electron chi connectivity index (χ3n) is 4.46. The highest BCUT2D eigenvalue weighted by Gasteiger charge is 2.32. The summed E-state index contributed by atoms with van der Waals surface area (Å²) in [7, 11) is -0.731. The van der Waals surface area contributed by atoms with Gasteiger partial charge < -0.3 is 14.4 Å². The Bertz CT molecular complexity index is 603. The fraction of sp³-hybridized carbons (Fsp3) is 0.529. The standard InChI is InChI=1S/C17H24NO5P/c1-22-24(21,23-2)12-16(19)13-8-10-15(11-9-13)18-17(20)14-6-4-3-5-7-14/h3-7,13,15H,8-12H2,1-2H3,(H,18,20)/t13-,15-. The molecule has 0 aromatic heterocycles. The molecule has 2 rings (SSSR count). The first-order valence-corrected chi connectivity index (χ1v) is 9.79. The number of ketones is 1. The molecule has 0 spiro atoms. The van der Waals surface area contributed by atoms with Gasteiger partial charge in [-0.15, -0.1) is 0 Å². The summed E-state index contributed by atoms with van der Waals surface area (Å²) in [6.07, 6.45) is 2.63. The summed E-state index contributed by atoms with van der Waals surface area (Å²) in [5.41, 5.74) is 0.636. The van der Waals surface area contributed by atoms with Crippen LogP contribution < -0.4 is 5.32 Å². The lowest BCUT2D eigenvalue weighted by atomic mass is 9.84. The largest absolute Gasteiger partial charge is 0.349 e. The number of benzene rings is 1. The molecule has 1 aromatic rings. The minimum Gasteiger partial charge on any atom is -0.349 e. The third-order valence-corrected chi connectivity index (χ3v) is 6.27. The van der Waals surface area contributed by atoms with Crippen LogP contribution in [-0.4, -0.2) is 38.1 Å². The fourth-order valence-electron chi connectivity index (χ4n) is 2.94. The van der Waals surface area contributed by atoms with Gasteiger partial charge in [-0.25, -0.2) is 0 Å². The predicted octanol–water partition coefficient (Wildman–Crippen LogP) is 3.03. The smallest absolute Gasteiger partial charge is 0.337 e. The van der Waals surface area contributed by atoms with Gasteiger partial charge in [0.1, 0.15) is 11.9 Å². The number of amides is 1. The first-order chi connectivity index (χ1) is 11.5. The molecule has 132 valence electrons. The van der Waals surface area contributed by atoms with Gasteiger partial charge >= 0.3 is 7.60 Å². The van der Waals surface area contributed by atoms with Gasteiger partial charge in [0.15, 0.2) is 0 Å². The number of hydrogen-bond donors (Lipinski definition) is 1. The molecule has 6 nitrogen and oxygen atoms in total. The van der Waals surface area contributed by atoms with Gasteiger partial charge in [-0.3, -0.25) is 14.2 Å². The Morgan fingerprint density at radius 1 is 1.08 bits per heavy atom. The maximum absolute atomic E-state index is 12.3. The van der Waals surface area contributed by atoms with E-state index >= 15 is 0 Å². The molecule has 1 fully saturated rings. The second kappa shape index (κ2) is 8.56. The number of nitrogens with one attached hydrogen (secondary N) is 1. The molecule has 1 aromatic carbocycles. The highest BCUT2D eigenvalue weighted by Crippen LogP contribution is 2.47. The van der Waals surface area contributed by atoms with Gasteiger partial charge in [0.05, 0.1) is 0 Å². The number of carbonyl (C=O) groups excluding carboxylic acids is 2. The van der Waals surface area contributed by atoms with E-state index < -0.39 is 7.60 Å². The van der Waals surface area contributed by atoms with Crippen LogP contribution in [0.25, 0.3) is 0 Å². The molecule has 1 N–H and O–H groups in total. The Kier molecular flexibility index (Phi) is 6.72. The Balaban J connectivity index is 1.82. The van der Waals surface area contributed by atoms with Crippen LogP contribution in [-0.2, 0) is 18.4 Å². The quantitative estimate of drug-likeness (QED) is 0.762. The maximum Gasteiger partial charge on any atom is 0.337 e. The van der Waals surface area contributed by atoms with Crippen LogP contribution >= 0.6 is 7.60 Å². The van der Waals surface area contributed by atoms with E-state index in [-0.39, 0.29) is 29.8 Å². The highest BCUT2D eigenvalue weighted by atomic mass is 31.2. The molecule has 1 amide bonds. The monoisotopic (exact) mass is 353 g/mol. The van der Waals surface area contributed by atoms with Gasteiger partial charge in [0.2, 0.25) is 0 Å². The molecule has 1 saturated carbocycles. The van der Waals surface area contributed by atoms with Gasteiger partial charge in [0.25, 0.3) is 5.91 Å². The van der Waals surface area contributed by atoms with Gasteiger partial charge in [-0.1, -0.05) is 18.2 Å². The van der Waals surface area contributed by atoms with E-state index in [1.54, 1.807) is 12.1 Å². The maximum atomic E-state index is 12.3. The minimum absolute atomic E-state index is 0.0680. The Morgan fingerprint density at radius 3 is 2.21 bits per heavy atom. The molecular formula is C17H24NO5P. The Hall–Kier alpha value is -1.49. The van der Waals surface area contributed by atoms with E-state index in [2.05, 4.69) is 5.32 Å². The summed E-state index contributed by atoms with van der Waals surface area (Å²) in [4.78, 5) is 24.4. The molecule has 0 aliphatic heterocycles. The SMILES string of the molecule is COP(=O)(CC(=O)[C@H]1CC[C@H](NC(=O)c2ccccc2)CC1)OC. The fourth-order valence-corrected chi connectivity index (χ4v) is 3.99. The van der Waals surface area contributed by atoms with Crippen LogP contribution in [0.15, 0.2) is 30.3 Å². The lowest BCUT2D eigenvalue weighted by Gasteiger charge is -2.28. The highest BCUT2D eigenvalue weighted by molar-refractivity contribution is 7.54. The van der Waals surface area contributed by atoms with Crippen LogP contribution in [0.3, 0.4) is 0 Å². The summed E-state index contributed by atoms with van der Waals surface area (Å²) in [5, 5.41) is 3.01. The molecule has 7 heteroatoms. The van der Waals surface area contributed by atoms with E-state index in [1.807, 2.05) is 18.2 Å². The van der Waals surface area contributed by atoms with Crippen LogP contribution in [0.5, 0.6) is 0 Å².